The Labute approximate surface area is 245 Å². The largest absolute Gasteiger partial charge is 0.493 e. The van der Waals surface area contributed by atoms with Crippen molar-refractivity contribution in [1.82, 2.24) is 10.1 Å². The molecule has 0 bridgehead atoms. The number of carbonyl (C=O) groups excluding carboxylic acids is 1. The molecule has 6 aromatic rings. The zero-order chi connectivity index (χ0) is 29.9. The van der Waals surface area contributed by atoms with Crippen molar-refractivity contribution in [3.8, 4) is 51.2 Å². The predicted octanol–water partition coefficient (Wildman–Crippen LogP) is 6.46. The number of aromatic nitrogens is 2. The van der Waals surface area contributed by atoms with Crippen LogP contribution in [0.2, 0.25) is 0 Å². The number of para-hydroxylation sites is 2. The molecule has 1 amide bonds. The molecule has 0 unspecified atom stereocenters. The van der Waals surface area contributed by atoms with E-state index >= 15 is 0 Å². The summed E-state index contributed by atoms with van der Waals surface area (Å²) < 4.78 is 27.3. The van der Waals surface area contributed by atoms with Crippen LogP contribution in [0.25, 0.3) is 44.9 Å². The average molecular weight is 576 g/mol. The molecule has 0 atom stereocenters. The first-order valence-corrected chi connectivity index (χ1v) is 13.2. The summed E-state index contributed by atoms with van der Waals surface area (Å²) in [4.78, 5) is 30.3. The standard InChI is InChI=1S/C33H25N3O7/c1-39-27-17-22(18-28(40-2)29(27)41-3)30-35-32(43-36-30)23-9-5-6-10-25(23)34-31(37)20-14-12-19(13-15-20)24-16-21-8-4-7-11-26(21)42-33(24)38/h4-18H,1-3H3,(H,34,37). The lowest BCUT2D eigenvalue weighted by molar-refractivity contribution is 0.102. The van der Waals surface area contributed by atoms with Crippen molar-refractivity contribution in [3.05, 3.63) is 107 Å². The van der Waals surface area contributed by atoms with Crippen molar-refractivity contribution in [2.75, 3.05) is 26.6 Å². The SMILES string of the molecule is COc1cc(-c2noc(-c3ccccc3NC(=O)c3ccc(-c4cc5ccccc5oc4=O)cc3)n2)cc(OC)c1OC. The topological polar surface area (TPSA) is 126 Å². The van der Waals surface area contributed by atoms with E-state index in [1.165, 1.54) is 21.3 Å². The molecule has 0 fully saturated rings. The first-order chi connectivity index (χ1) is 21.0. The number of fused-ring (bicyclic) bond motifs is 1. The highest BCUT2D eigenvalue weighted by atomic mass is 16.5. The van der Waals surface area contributed by atoms with Gasteiger partial charge in [0.1, 0.15) is 5.58 Å². The molecule has 214 valence electrons. The van der Waals surface area contributed by atoms with Crippen LogP contribution in [0.1, 0.15) is 10.4 Å². The van der Waals surface area contributed by atoms with Crippen LogP contribution < -0.4 is 25.2 Å². The summed E-state index contributed by atoms with van der Waals surface area (Å²) >= 11 is 0. The molecule has 0 saturated heterocycles. The van der Waals surface area contributed by atoms with E-state index in [-0.39, 0.29) is 11.8 Å². The second kappa shape index (κ2) is 11.5. The number of ether oxygens (including phenoxy) is 3. The molecule has 0 aliphatic heterocycles. The van der Waals surface area contributed by atoms with Gasteiger partial charge >= 0.3 is 5.63 Å². The first kappa shape index (κ1) is 27.3. The van der Waals surface area contributed by atoms with Gasteiger partial charge in [0.05, 0.1) is 38.1 Å². The van der Waals surface area contributed by atoms with Crippen molar-refractivity contribution in [2.24, 2.45) is 0 Å². The lowest BCUT2D eigenvalue weighted by Gasteiger charge is -2.12. The van der Waals surface area contributed by atoms with Crippen molar-refractivity contribution in [2.45, 2.75) is 0 Å². The lowest BCUT2D eigenvalue weighted by Crippen LogP contribution is -2.12. The Morgan fingerprint density at radius 3 is 2.19 bits per heavy atom. The number of anilines is 1. The maximum atomic E-state index is 13.2. The zero-order valence-electron chi connectivity index (χ0n) is 23.4. The summed E-state index contributed by atoms with van der Waals surface area (Å²) in [5.41, 5.74) is 3.12. The fourth-order valence-electron chi connectivity index (χ4n) is 4.70. The predicted molar refractivity (Wildman–Crippen MR) is 161 cm³/mol. The molecule has 6 rings (SSSR count). The third-order valence-electron chi connectivity index (χ3n) is 6.85. The van der Waals surface area contributed by atoms with Gasteiger partial charge in [-0.1, -0.05) is 47.6 Å². The number of hydrogen-bond acceptors (Lipinski definition) is 9. The molecule has 4 aromatic carbocycles. The van der Waals surface area contributed by atoms with E-state index in [1.54, 1.807) is 72.8 Å². The molecule has 2 aromatic heterocycles. The average Bonchev–Trinajstić information content (AvgIpc) is 3.54. The molecule has 0 saturated carbocycles. The van der Waals surface area contributed by atoms with Crippen molar-refractivity contribution < 1.29 is 27.9 Å². The highest BCUT2D eigenvalue weighted by Crippen LogP contribution is 2.41. The van der Waals surface area contributed by atoms with Gasteiger partial charge in [-0.15, -0.1) is 0 Å². The Hall–Kier alpha value is -5.90. The molecular formula is C33H25N3O7. The fourth-order valence-corrected chi connectivity index (χ4v) is 4.70. The molecule has 0 radical (unpaired) electrons. The molecule has 0 aliphatic rings. The molecule has 43 heavy (non-hydrogen) atoms. The lowest BCUT2D eigenvalue weighted by atomic mass is 10.0. The molecule has 10 nitrogen and oxygen atoms in total. The third kappa shape index (κ3) is 5.29. The van der Waals surface area contributed by atoms with Crippen LogP contribution in [0.15, 0.2) is 105 Å². The van der Waals surface area contributed by atoms with Crippen LogP contribution in [-0.2, 0) is 0 Å². The fraction of sp³-hybridized carbons (Fsp3) is 0.0909. The van der Waals surface area contributed by atoms with Gasteiger partial charge < -0.3 is 28.5 Å². The number of rotatable bonds is 8. The number of nitrogens with zero attached hydrogens (tertiary/aromatic N) is 2. The summed E-state index contributed by atoms with van der Waals surface area (Å²) in [6.07, 6.45) is 0. The number of amides is 1. The highest BCUT2D eigenvalue weighted by molar-refractivity contribution is 6.06. The second-order valence-electron chi connectivity index (χ2n) is 9.40. The minimum absolute atomic E-state index is 0.207. The maximum absolute atomic E-state index is 13.2. The minimum atomic E-state index is -0.449. The number of hydrogen-bond donors (Lipinski definition) is 1. The Kier molecular flexibility index (Phi) is 7.32. The number of benzene rings is 4. The summed E-state index contributed by atoms with van der Waals surface area (Å²) in [5, 5.41) is 7.86. The van der Waals surface area contributed by atoms with E-state index in [4.69, 9.17) is 23.2 Å². The quantitative estimate of drug-likeness (QED) is 0.204. The van der Waals surface area contributed by atoms with E-state index in [1.807, 2.05) is 18.2 Å². The van der Waals surface area contributed by atoms with E-state index in [0.717, 1.165) is 5.39 Å². The van der Waals surface area contributed by atoms with Gasteiger partial charge in [0.2, 0.25) is 11.6 Å². The Balaban J connectivity index is 1.25. The Morgan fingerprint density at radius 1 is 0.767 bits per heavy atom. The molecule has 2 heterocycles. The van der Waals surface area contributed by atoms with Gasteiger partial charge in [0.25, 0.3) is 11.8 Å². The van der Waals surface area contributed by atoms with Crippen molar-refractivity contribution >= 4 is 22.6 Å². The van der Waals surface area contributed by atoms with E-state index in [2.05, 4.69) is 15.5 Å². The maximum Gasteiger partial charge on any atom is 0.344 e. The van der Waals surface area contributed by atoms with Crippen LogP contribution in [0, 0.1) is 0 Å². The van der Waals surface area contributed by atoms with Gasteiger partial charge in [-0.2, -0.15) is 4.98 Å². The monoisotopic (exact) mass is 575 g/mol. The van der Waals surface area contributed by atoms with Gasteiger partial charge in [0.15, 0.2) is 11.5 Å². The Bertz CT molecular complexity index is 1990. The number of methoxy groups -OCH3 is 3. The van der Waals surface area contributed by atoms with Crippen LogP contribution in [-0.4, -0.2) is 37.4 Å². The van der Waals surface area contributed by atoms with E-state index in [0.29, 0.717) is 62.2 Å². The van der Waals surface area contributed by atoms with Crippen molar-refractivity contribution in [1.29, 1.82) is 0 Å². The summed E-state index contributed by atoms with van der Waals surface area (Å²) in [7, 11) is 4.57. The second-order valence-corrected chi connectivity index (χ2v) is 9.40. The normalized spacial score (nSPS) is 10.9. The van der Waals surface area contributed by atoms with Crippen LogP contribution in [0.4, 0.5) is 5.69 Å². The molecule has 0 spiro atoms. The highest BCUT2D eigenvalue weighted by Gasteiger charge is 2.20. The van der Waals surface area contributed by atoms with Gasteiger partial charge in [-0.3, -0.25) is 4.79 Å². The summed E-state index contributed by atoms with van der Waals surface area (Å²) in [5.74, 6) is 1.49. The van der Waals surface area contributed by atoms with Gasteiger partial charge in [-0.25, -0.2) is 4.79 Å². The van der Waals surface area contributed by atoms with Gasteiger partial charge in [-0.05, 0) is 54.1 Å². The first-order valence-electron chi connectivity index (χ1n) is 13.2. The van der Waals surface area contributed by atoms with Crippen LogP contribution >= 0.6 is 0 Å². The van der Waals surface area contributed by atoms with E-state index < -0.39 is 5.63 Å². The van der Waals surface area contributed by atoms with Crippen molar-refractivity contribution in [3.63, 3.8) is 0 Å². The van der Waals surface area contributed by atoms with Crippen LogP contribution in [0.3, 0.4) is 0 Å². The molecular weight excluding hydrogens is 550 g/mol. The molecule has 0 aliphatic carbocycles. The summed E-state index contributed by atoms with van der Waals surface area (Å²) in [6.45, 7) is 0. The molecule has 1 N–H and O–H groups in total. The minimum Gasteiger partial charge on any atom is -0.493 e. The van der Waals surface area contributed by atoms with E-state index in [9.17, 15) is 9.59 Å². The Morgan fingerprint density at radius 2 is 1.47 bits per heavy atom. The van der Waals surface area contributed by atoms with Crippen LogP contribution in [0.5, 0.6) is 17.2 Å². The smallest absolute Gasteiger partial charge is 0.344 e. The molecule has 10 heteroatoms. The zero-order valence-corrected chi connectivity index (χ0v) is 23.4. The van der Waals surface area contributed by atoms with Gasteiger partial charge in [0, 0.05) is 16.5 Å². The third-order valence-corrected chi connectivity index (χ3v) is 6.85. The number of nitrogens with one attached hydrogen (secondary N) is 1. The number of carbonyl (C=O) groups is 1. The summed E-state index contributed by atoms with van der Waals surface area (Å²) in [6, 6.07) is 26.3.